The molecular weight excluding hydrogens is 282 g/mol. The Hall–Kier alpha value is -1.80. The molecule has 0 aliphatic carbocycles. The van der Waals surface area contributed by atoms with Crippen molar-refractivity contribution < 1.29 is 4.79 Å². The smallest absolute Gasteiger partial charge is 0.228 e. The molecule has 2 rings (SSSR count). The van der Waals surface area contributed by atoms with Crippen molar-refractivity contribution in [1.29, 1.82) is 0 Å². The number of rotatable bonds is 3. The molecule has 0 saturated carbocycles. The summed E-state index contributed by atoms with van der Waals surface area (Å²) in [6.45, 7) is 6.39. The zero-order valence-corrected chi connectivity index (χ0v) is 13.4. The van der Waals surface area contributed by atoms with Crippen LogP contribution in [-0.2, 0) is 16.6 Å². The average Bonchev–Trinajstić information content (AvgIpc) is 2.41. The van der Waals surface area contributed by atoms with Gasteiger partial charge in [-0.1, -0.05) is 68.8 Å². The number of amides is 1. The number of hydrogen-bond donors (Lipinski definition) is 1. The van der Waals surface area contributed by atoms with E-state index in [2.05, 4.69) is 26.1 Å². The summed E-state index contributed by atoms with van der Waals surface area (Å²) >= 11 is 6.10. The van der Waals surface area contributed by atoms with Gasteiger partial charge in [0.15, 0.2) is 0 Å². The Morgan fingerprint density at radius 3 is 2.33 bits per heavy atom. The van der Waals surface area contributed by atoms with E-state index in [0.717, 1.165) is 16.8 Å². The molecule has 0 aliphatic heterocycles. The van der Waals surface area contributed by atoms with Crippen molar-refractivity contribution in [2.75, 3.05) is 5.32 Å². The molecule has 110 valence electrons. The third-order valence-electron chi connectivity index (χ3n) is 3.32. The van der Waals surface area contributed by atoms with Crippen molar-refractivity contribution >= 4 is 23.2 Å². The van der Waals surface area contributed by atoms with Gasteiger partial charge in [0, 0.05) is 10.7 Å². The van der Waals surface area contributed by atoms with Gasteiger partial charge in [-0.15, -0.1) is 0 Å². The number of anilines is 1. The second kappa shape index (κ2) is 6.31. The normalized spacial score (nSPS) is 11.2. The van der Waals surface area contributed by atoms with Crippen LogP contribution in [0, 0.1) is 0 Å². The molecular formula is C18H20ClNO. The predicted molar refractivity (Wildman–Crippen MR) is 88.9 cm³/mol. The minimum absolute atomic E-state index is 0.0196. The monoisotopic (exact) mass is 301 g/mol. The fourth-order valence-electron chi connectivity index (χ4n) is 2.26. The Balaban J connectivity index is 2.16. The molecule has 0 aromatic heterocycles. The SMILES string of the molecule is CC(C)(C)c1ccccc1NC(=O)Cc1ccccc1Cl. The highest BCUT2D eigenvalue weighted by Crippen LogP contribution is 2.29. The highest BCUT2D eigenvalue weighted by atomic mass is 35.5. The van der Waals surface area contributed by atoms with Crippen LogP contribution in [0.2, 0.25) is 5.02 Å². The maximum absolute atomic E-state index is 12.2. The fourth-order valence-corrected chi connectivity index (χ4v) is 2.46. The van der Waals surface area contributed by atoms with Crippen LogP contribution in [0.3, 0.4) is 0 Å². The Kier molecular flexibility index (Phi) is 4.69. The maximum Gasteiger partial charge on any atom is 0.228 e. The first kappa shape index (κ1) is 15.6. The third kappa shape index (κ3) is 4.08. The number of carbonyl (C=O) groups is 1. The molecule has 2 aromatic rings. The van der Waals surface area contributed by atoms with E-state index in [1.54, 1.807) is 6.07 Å². The zero-order valence-electron chi connectivity index (χ0n) is 12.6. The van der Waals surface area contributed by atoms with E-state index in [9.17, 15) is 4.79 Å². The van der Waals surface area contributed by atoms with Crippen LogP contribution in [0.5, 0.6) is 0 Å². The lowest BCUT2D eigenvalue weighted by atomic mass is 9.86. The highest BCUT2D eigenvalue weighted by molar-refractivity contribution is 6.31. The average molecular weight is 302 g/mol. The number of para-hydroxylation sites is 1. The van der Waals surface area contributed by atoms with E-state index in [1.165, 1.54) is 0 Å². The largest absolute Gasteiger partial charge is 0.326 e. The van der Waals surface area contributed by atoms with Gasteiger partial charge in [0.05, 0.1) is 6.42 Å². The molecule has 1 N–H and O–H groups in total. The molecule has 0 bridgehead atoms. The molecule has 1 amide bonds. The zero-order chi connectivity index (χ0) is 15.5. The first-order valence-electron chi connectivity index (χ1n) is 7.00. The highest BCUT2D eigenvalue weighted by Gasteiger charge is 2.18. The van der Waals surface area contributed by atoms with Crippen LogP contribution < -0.4 is 5.32 Å². The van der Waals surface area contributed by atoms with Gasteiger partial charge in [0.25, 0.3) is 0 Å². The summed E-state index contributed by atoms with van der Waals surface area (Å²) in [4.78, 5) is 12.2. The summed E-state index contributed by atoms with van der Waals surface area (Å²) in [6, 6.07) is 15.3. The quantitative estimate of drug-likeness (QED) is 0.865. The lowest BCUT2D eigenvalue weighted by Gasteiger charge is -2.23. The summed E-state index contributed by atoms with van der Waals surface area (Å²) in [5.74, 6) is -0.0557. The van der Waals surface area contributed by atoms with Gasteiger partial charge in [0.2, 0.25) is 5.91 Å². The topological polar surface area (TPSA) is 29.1 Å². The van der Waals surface area contributed by atoms with Crippen molar-refractivity contribution in [2.45, 2.75) is 32.6 Å². The number of carbonyl (C=O) groups excluding carboxylic acids is 1. The molecule has 0 spiro atoms. The Bertz CT molecular complexity index is 644. The molecule has 21 heavy (non-hydrogen) atoms. The van der Waals surface area contributed by atoms with Crippen molar-refractivity contribution in [3.63, 3.8) is 0 Å². The van der Waals surface area contributed by atoms with Gasteiger partial charge in [0.1, 0.15) is 0 Å². The van der Waals surface area contributed by atoms with Crippen LogP contribution in [-0.4, -0.2) is 5.91 Å². The van der Waals surface area contributed by atoms with Crippen LogP contribution in [0.4, 0.5) is 5.69 Å². The first-order chi connectivity index (χ1) is 9.88. The number of hydrogen-bond acceptors (Lipinski definition) is 1. The Morgan fingerprint density at radius 1 is 1.05 bits per heavy atom. The van der Waals surface area contributed by atoms with E-state index in [0.29, 0.717) is 5.02 Å². The maximum atomic E-state index is 12.2. The summed E-state index contributed by atoms with van der Waals surface area (Å²) in [6.07, 6.45) is 0.276. The van der Waals surface area contributed by atoms with Gasteiger partial charge >= 0.3 is 0 Å². The van der Waals surface area contributed by atoms with E-state index < -0.39 is 0 Å². The molecule has 0 radical (unpaired) electrons. The molecule has 2 nitrogen and oxygen atoms in total. The lowest BCUT2D eigenvalue weighted by Crippen LogP contribution is -2.20. The minimum atomic E-state index is -0.0557. The third-order valence-corrected chi connectivity index (χ3v) is 3.69. The second-order valence-electron chi connectivity index (χ2n) is 6.11. The number of benzene rings is 2. The van der Waals surface area contributed by atoms with E-state index >= 15 is 0 Å². The molecule has 0 unspecified atom stereocenters. The van der Waals surface area contributed by atoms with Gasteiger partial charge in [-0.25, -0.2) is 0 Å². The van der Waals surface area contributed by atoms with E-state index in [1.807, 2.05) is 42.5 Å². The summed E-state index contributed by atoms with van der Waals surface area (Å²) in [5.41, 5.74) is 2.80. The van der Waals surface area contributed by atoms with Crippen molar-refractivity contribution in [1.82, 2.24) is 0 Å². The molecule has 0 atom stereocenters. The van der Waals surface area contributed by atoms with Crippen LogP contribution >= 0.6 is 11.6 Å². The fraction of sp³-hybridized carbons (Fsp3) is 0.278. The van der Waals surface area contributed by atoms with Crippen LogP contribution in [0.15, 0.2) is 48.5 Å². The molecule has 0 aliphatic rings. The standard InChI is InChI=1S/C18H20ClNO/c1-18(2,3)14-9-5-7-11-16(14)20-17(21)12-13-8-4-6-10-15(13)19/h4-11H,12H2,1-3H3,(H,20,21). The van der Waals surface area contributed by atoms with E-state index in [4.69, 9.17) is 11.6 Å². The summed E-state index contributed by atoms with van der Waals surface area (Å²) in [5, 5.41) is 3.62. The molecule has 0 fully saturated rings. The summed E-state index contributed by atoms with van der Waals surface area (Å²) < 4.78 is 0. The minimum Gasteiger partial charge on any atom is -0.326 e. The first-order valence-corrected chi connectivity index (χ1v) is 7.38. The second-order valence-corrected chi connectivity index (χ2v) is 6.52. The molecule has 3 heteroatoms. The van der Waals surface area contributed by atoms with Crippen molar-refractivity contribution in [2.24, 2.45) is 0 Å². The Morgan fingerprint density at radius 2 is 1.67 bits per heavy atom. The Labute approximate surface area is 131 Å². The number of halogens is 1. The van der Waals surface area contributed by atoms with Crippen molar-refractivity contribution in [3.05, 3.63) is 64.7 Å². The van der Waals surface area contributed by atoms with Crippen molar-refractivity contribution in [3.8, 4) is 0 Å². The van der Waals surface area contributed by atoms with Gasteiger partial charge < -0.3 is 5.32 Å². The van der Waals surface area contributed by atoms with Gasteiger partial charge in [-0.2, -0.15) is 0 Å². The van der Waals surface area contributed by atoms with Crippen LogP contribution in [0.1, 0.15) is 31.9 Å². The molecule has 0 saturated heterocycles. The summed E-state index contributed by atoms with van der Waals surface area (Å²) in [7, 11) is 0. The number of nitrogens with one attached hydrogen (secondary N) is 1. The molecule has 0 heterocycles. The lowest BCUT2D eigenvalue weighted by molar-refractivity contribution is -0.115. The van der Waals surface area contributed by atoms with Gasteiger partial charge in [-0.05, 0) is 28.7 Å². The van der Waals surface area contributed by atoms with Gasteiger partial charge in [-0.3, -0.25) is 4.79 Å². The molecule has 2 aromatic carbocycles. The predicted octanol–water partition coefficient (Wildman–Crippen LogP) is 4.82. The van der Waals surface area contributed by atoms with Crippen LogP contribution in [0.25, 0.3) is 0 Å². The van der Waals surface area contributed by atoms with E-state index in [-0.39, 0.29) is 17.7 Å².